The second-order valence-corrected chi connectivity index (χ2v) is 30.9. The predicted molar refractivity (Wildman–Crippen MR) is 426 cm³/mol. The number of benzene rings is 2. The summed E-state index contributed by atoms with van der Waals surface area (Å²) in [6.07, 6.45) is 12.3. The van der Waals surface area contributed by atoms with Gasteiger partial charge in [-0.1, -0.05) is 37.8 Å². The Bertz CT molecular complexity index is 3740. The fraction of sp³-hybridized carbons (Fsp3) is 0.516. The molecule has 2 heterocycles. The number of carboxylic acid groups (broad SMARTS) is 1. The molecule has 4 aromatic rings. The summed E-state index contributed by atoms with van der Waals surface area (Å²) in [6, 6.07) is 12.9. The fourth-order valence-corrected chi connectivity index (χ4v) is 13.5. The molecule has 0 saturated heterocycles. The maximum absolute atomic E-state index is 11.9. The molecule has 0 saturated carbocycles. The number of hydrogen-bond donors (Lipinski definition) is 15. The number of fused-ring (bicyclic) bond motifs is 2. The van der Waals surface area contributed by atoms with Gasteiger partial charge in [0.25, 0.3) is 17.9 Å². The van der Waals surface area contributed by atoms with Gasteiger partial charge in [0, 0.05) is 81.8 Å². The number of nitrogens with one attached hydrogen (secondary N) is 6. The molecule has 1 unspecified atom stereocenters. The number of nitrogens with two attached hydrogens (primary N) is 7. The first-order chi connectivity index (χ1) is 52.3. The number of amidine groups is 1. The molecule has 114 heavy (non-hydrogen) atoms. The van der Waals surface area contributed by atoms with Crippen LogP contribution in [0.2, 0.25) is 0 Å². The second-order valence-electron chi connectivity index (χ2n) is 22.5. The van der Waals surface area contributed by atoms with Crippen molar-refractivity contribution in [2.45, 2.75) is 129 Å². The van der Waals surface area contributed by atoms with Crippen molar-refractivity contribution in [1.29, 1.82) is 32.3 Å². The van der Waals surface area contributed by atoms with Crippen LogP contribution in [0.25, 0.3) is 0 Å². The molecule has 2 aromatic heterocycles. The number of ether oxygens (including phenoxy) is 1. The predicted octanol–water partition coefficient (Wildman–Crippen LogP) is 2.99. The van der Waals surface area contributed by atoms with Crippen LogP contribution in [0.3, 0.4) is 0 Å². The molecule has 2 radical (unpaired) electrons. The van der Waals surface area contributed by atoms with Crippen molar-refractivity contribution in [3.05, 3.63) is 107 Å². The number of carboxylic acids is 1. The standard InChI is InChI=1S/C15H23N6O3P.C10H7NO.C7H7N5.2C7H19N4O3P.C6H13O4P.C5H12N2O2.C4H6BO4.C2H4O2.CH4.Na/c1-2-24-25(22,23)9-8-21(15(18)19)20-13-7-6-10-11(13)4-3-5-12(10)14(16)17;11-6-7-2-1-3-9-8(7)4-5-10(9)12;8-7(11-3-1-9-5-11)12-4-2-10-6-12;2*1-3-13-15(12,14-4-2)6-5-11(10)7(8)9;1-3-9-11(8,6-5-7)10-4-2;1-5(2,3)9-4(8)7-6;1-3(6)8-5-9-4(2)7;1-2(3)4;;/h3-5H,2,6-9H2,1H3,(H3,16,17)(H3,18,19)(H,22,23);1-3H,4-5H2;1-6,8H;2*3-6,10H2,1-2H3,(H3,8,9);5H,3-4,6H2,1-2H3;6H2,1-3H3,(H,7,8);1-2H3;1H3,(H,3,4);1H4;/q;;;;;;;-1;;;+1/b20-13+;;;;;;;;;;. The third-order valence-electron chi connectivity index (χ3n) is 12.6. The van der Waals surface area contributed by atoms with Crippen molar-refractivity contribution in [1.82, 2.24) is 39.6 Å². The van der Waals surface area contributed by atoms with Gasteiger partial charge in [-0.15, -0.1) is 0 Å². The maximum atomic E-state index is 11.9. The molecule has 6 rings (SSSR count). The Balaban J connectivity index is -0.000000402. The normalized spacial score (nSPS) is 12.1. The Morgan fingerprint density at radius 2 is 1.07 bits per heavy atom. The number of nitrogen functional groups attached to an aromatic ring is 1. The molecular weight excluding hydrogens is 1590 g/mol. The third-order valence-corrected chi connectivity index (χ3v) is 20.0. The summed E-state index contributed by atoms with van der Waals surface area (Å²) >= 11 is 0. The van der Waals surface area contributed by atoms with Crippen molar-refractivity contribution < 1.29 is 132 Å². The van der Waals surface area contributed by atoms with E-state index in [0.717, 1.165) is 45.6 Å². The number of aldehydes is 1. The Morgan fingerprint density at radius 1 is 0.658 bits per heavy atom. The van der Waals surface area contributed by atoms with Crippen LogP contribution in [-0.4, -0.2) is 219 Å². The summed E-state index contributed by atoms with van der Waals surface area (Å²) in [5.41, 5.74) is 28.3. The topological polar surface area (TPSA) is 698 Å². The molecule has 22 N–H and O–H groups in total. The van der Waals surface area contributed by atoms with Crippen molar-refractivity contribution in [3.8, 4) is 6.07 Å². The van der Waals surface area contributed by atoms with Gasteiger partial charge in [-0.3, -0.25) is 89.1 Å². The van der Waals surface area contributed by atoms with E-state index < -0.39 is 60.0 Å². The zero-order valence-corrected chi connectivity index (χ0v) is 71.8. The van der Waals surface area contributed by atoms with Crippen molar-refractivity contribution in [2.75, 3.05) is 90.5 Å². The van der Waals surface area contributed by atoms with Gasteiger partial charge in [0.1, 0.15) is 44.2 Å². The summed E-state index contributed by atoms with van der Waals surface area (Å²) < 4.78 is 97.7. The molecule has 2 aromatic carbocycles. The molecule has 0 fully saturated rings. The molecule has 636 valence electrons. The van der Waals surface area contributed by atoms with E-state index in [2.05, 4.69) is 30.4 Å². The average Bonchev–Trinajstić information content (AvgIpc) is 1.65. The summed E-state index contributed by atoms with van der Waals surface area (Å²) in [5, 5.41) is 60.7. The van der Waals surface area contributed by atoms with Crippen LogP contribution < -0.4 is 75.4 Å². The molecule has 2 aliphatic rings. The molecule has 1 atom stereocenters. The molecule has 0 aliphatic heterocycles. The van der Waals surface area contributed by atoms with Crippen LogP contribution in [0.15, 0.2) is 78.9 Å². The van der Waals surface area contributed by atoms with Crippen molar-refractivity contribution in [3.63, 3.8) is 0 Å². The van der Waals surface area contributed by atoms with Gasteiger partial charge >= 0.3 is 66.0 Å². The monoisotopic (exact) mass is 1700 g/mol. The summed E-state index contributed by atoms with van der Waals surface area (Å²) in [5.74, 6) is 13.2. The second kappa shape index (κ2) is 61.9. The molecule has 0 spiro atoms. The van der Waals surface area contributed by atoms with E-state index in [-0.39, 0.29) is 117 Å². The number of nitriles is 1. The number of Topliss-reactive ketones (excluding diaryl/α,β-unsaturated/α-hetero) is 1. The number of ketones is 1. The van der Waals surface area contributed by atoms with Crippen LogP contribution in [0, 0.1) is 38.4 Å². The van der Waals surface area contributed by atoms with Gasteiger partial charge in [0.05, 0.1) is 88.6 Å². The number of amides is 1. The van der Waals surface area contributed by atoms with E-state index in [1.165, 1.54) is 18.9 Å². The Morgan fingerprint density at radius 3 is 1.41 bits per heavy atom. The molecular formula is C64H114BN22NaO22P4. The minimum absolute atomic E-state index is 0. The number of hydrazine groups is 3. The van der Waals surface area contributed by atoms with Crippen LogP contribution in [-0.2, 0) is 96.0 Å². The number of aliphatic carboxylic acids is 1. The number of guanidine groups is 3. The number of aromatic nitrogens is 4. The van der Waals surface area contributed by atoms with Gasteiger partial charge in [-0.05, 0) is 106 Å². The number of nitrogens with zero attached hydrogens (tertiary/aromatic N) is 9. The molecule has 44 nitrogen and oxygen atoms in total. The summed E-state index contributed by atoms with van der Waals surface area (Å²) in [7, 11) is -12.3. The smallest absolute Gasteiger partial charge is 0.702 e. The van der Waals surface area contributed by atoms with Crippen molar-refractivity contribution in [2.24, 2.45) is 45.6 Å². The van der Waals surface area contributed by atoms with Gasteiger partial charge in [-0.25, -0.2) is 37.3 Å². The molecule has 1 amide bonds. The van der Waals surface area contributed by atoms with Gasteiger partial charge in [0.15, 0.2) is 5.78 Å². The van der Waals surface area contributed by atoms with Crippen molar-refractivity contribution >= 4 is 110 Å². The minimum atomic E-state index is -3.73. The fourth-order valence-electron chi connectivity index (χ4n) is 8.13. The first-order valence-electron chi connectivity index (χ1n) is 33.9. The first-order valence-corrected chi connectivity index (χ1v) is 40.9. The average molecular weight is 1700 g/mol. The number of hydrazone groups is 1. The largest absolute Gasteiger partial charge is 1.00 e. The number of hydrogen-bond acceptors (Lipinski definition) is 32. The Hall–Kier alpha value is -8.47. The zero-order chi connectivity index (χ0) is 86.4. The number of carbonyl (C=O) groups is 6. The van der Waals surface area contributed by atoms with E-state index in [4.69, 9.17) is 119 Å². The minimum Gasteiger partial charge on any atom is -0.702 e. The van der Waals surface area contributed by atoms with Gasteiger partial charge in [-0.2, -0.15) is 10.4 Å². The Labute approximate surface area is 688 Å². The summed E-state index contributed by atoms with van der Waals surface area (Å²) in [6.45, 7) is 23.0. The van der Waals surface area contributed by atoms with Crippen LogP contribution >= 0.6 is 30.4 Å². The van der Waals surface area contributed by atoms with E-state index in [1.807, 2.05) is 11.5 Å². The molecule has 0 bridgehead atoms. The van der Waals surface area contributed by atoms with E-state index in [1.54, 1.807) is 146 Å². The first kappa shape index (κ1) is 114. The van der Waals surface area contributed by atoms with E-state index in [0.29, 0.717) is 95.7 Å². The zero-order valence-electron chi connectivity index (χ0n) is 66.2. The van der Waals surface area contributed by atoms with Crippen LogP contribution in [0.5, 0.6) is 0 Å². The Kier molecular flexibility index (Phi) is 62.0. The van der Waals surface area contributed by atoms with Gasteiger partial charge in [0.2, 0.25) is 23.8 Å². The number of imidazole rings is 2. The van der Waals surface area contributed by atoms with Crippen LogP contribution in [0.1, 0.15) is 148 Å². The molecule has 50 heteroatoms. The quantitative estimate of drug-likeness (QED) is 0.00543. The number of carbonyl (C=O) groups excluding carboxylic acids is 5. The third kappa shape index (κ3) is 52.1. The summed E-state index contributed by atoms with van der Waals surface area (Å²) in [4.78, 5) is 77.9. The van der Waals surface area contributed by atoms with E-state index >= 15 is 0 Å². The maximum Gasteiger partial charge on any atom is 1.00 e. The number of rotatable bonds is 29. The van der Waals surface area contributed by atoms with E-state index in [9.17, 15) is 47.1 Å². The SMILES string of the molecule is C.CC(=O)O.CC(=O)O[B-]OC(C)=O.CC(C)(C)OC(=O)NN.CCOP(=O)(CC=O)OCC.CCOP(=O)(CCN(N)C(=N)N)OCC.CCOP(=O)(CCN(N)C(=N)N)OCC.CCOP(=O)(O)CCN(/N=C1\CCc2c(C(=N)N)cccc21)C(=N)N.N#Cc1cccc2c1CCC2=O.N=C(n1ccnc1)n1ccnc1.[Na+]. The molecule has 2 aliphatic carbocycles. The van der Waals surface area contributed by atoms with Gasteiger partial charge < -0.3 is 83.4 Å². The van der Waals surface area contributed by atoms with Crippen LogP contribution in [0.4, 0.5) is 4.79 Å².